The molecule has 2 amide bonds. The van der Waals surface area contributed by atoms with E-state index in [0.29, 0.717) is 22.8 Å². The van der Waals surface area contributed by atoms with E-state index < -0.39 is 11.7 Å². The number of ether oxygens (including phenoxy) is 1. The van der Waals surface area contributed by atoms with Gasteiger partial charge in [-0.2, -0.15) is 4.98 Å². The molecule has 0 atom stereocenters. The van der Waals surface area contributed by atoms with Gasteiger partial charge in [-0.15, -0.1) is 0 Å². The lowest BCUT2D eigenvalue weighted by Gasteiger charge is -2.15. The Bertz CT molecular complexity index is 1370. The number of amides is 2. The lowest BCUT2D eigenvalue weighted by molar-refractivity contribution is -0.124. The van der Waals surface area contributed by atoms with E-state index in [1.54, 1.807) is 42.5 Å². The fourth-order valence-electron chi connectivity index (χ4n) is 3.24. The van der Waals surface area contributed by atoms with Crippen molar-refractivity contribution in [3.05, 3.63) is 71.9 Å². The number of nitrogens with zero attached hydrogens (tertiary/aromatic N) is 3. The number of carbonyl (C=O) groups is 3. The summed E-state index contributed by atoms with van der Waals surface area (Å²) in [5, 5.41) is 9.05. The van der Waals surface area contributed by atoms with E-state index in [2.05, 4.69) is 32.5 Å². The fourth-order valence-corrected chi connectivity index (χ4v) is 3.38. The van der Waals surface area contributed by atoms with Crippen LogP contribution in [0.4, 0.5) is 28.8 Å². The van der Waals surface area contributed by atoms with Gasteiger partial charge in [0, 0.05) is 19.8 Å². The van der Waals surface area contributed by atoms with E-state index in [9.17, 15) is 14.4 Å². The molecule has 0 aliphatic heterocycles. The highest BCUT2D eigenvalue weighted by molar-refractivity contribution is 6.43. The third kappa shape index (κ3) is 6.42. The van der Waals surface area contributed by atoms with Crippen molar-refractivity contribution in [1.29, 1.82) is 0 Å². The number of Topliss-reactive ketones (excluding diaryl/α,β-unsaturated/α-hetero) is 1. The first-order valence-electron chi connectivity index (χ1n) is 11.4. The van der Waals surface area contributed by atoms with Crippen LogP contribution < -0.4 is 20.7 Å². The van der Waals surface area contributed by atoms with Gasteiger partial charge in [0.15, 0.2) is 5.82 Å². The molecule has 11 heteroatoms. The van der Waals surface area contributed by atoms with Gasteiger partial charge in [-0.25, -0.2) is 4.98 Å². The molecule has 37 heavy (non-hydrogen) atoms. The van der Waals surface area contributed by atoms with Crippen molar-refractivity contribution < 1.29 is 19.1 Å². The van der Waals surface area contributed by atoms with Crippen molar-refractivity contribution in [1.82, 2.24) is 14.9 Å². The molecular weight excluding hydrogens is 496 g/mol. The second kappa shape index (κ2) is 11.1. The molecule has 1 saturated carbocycles. The molecule has 0 spiro atoms. The van der Waals surface area contributed by atoms with E-state index in [0.717, 1.165) is 12.8 Å². The van der Waals surface area contributed by atoms with E-state index in [1.165, 1.54) is 31.3 Å². The van der Waals surface area contributed by atoms with Crippen LogP contribution >= 0.6 is 11.6 Å². The van der Waals surface area contributed by atoms with Crippen molar-refractivity contribution in [2.75, 3.05) is 30.0 Å². The molecule has 3 aromatic rings. The number of hydrogen-bond donors (Lipinski definition) is 3. The summed E-state index contributed by atoms with van der Waals surface area (Å²) in [4.78, 5) is 46.6. The van der Waals surface area contributed by atoms with Crippen LogP contribution in [-0.4, -0.2) is 52.7 Å². The number of nitrogens with one attached hydrogen (secondary N) is 3. The Kier molecular flexibility index (Phi) is 7.69. The number of rotatable bonds is 10. The van der Waals surface area contributed by atoms with Gasteiger partial charge in [-0.3, -0.25) is 14.4 Å². The SMILES string of the molecule is C=CC(=O)Nc1cc(Nc2ncc(Cl)c(Nc3ccccc3C(=O)C(=O)N(C)C)n2)ccc1OC1CC1. The largest absolute Gasteiger partial charge is 0.488 e. The van der Waals surface area contributed by atoms with Crippen molar-refractivity contribution in [3.8, 4) is 5.75 Å². The van der Waals surface area contributed by atoms with Crippen LogP contribution in [0.15, 0.2) is 61.3 Å². The molecule has 10 nitrogen and oxygen atoms in total. The van der Waals surface area contributed by atoms with E-state index >= 15 is 0 Å². The molecule has 1 aliphatic carbocycles. The normalized spacial score (nSPS) is 12.3. The van der Waals surface area contributed by atoms with E-state index in [1.807, 2.05) is 0 Å². The summed E-state index contributed by atoms with van der Waals surface area (Å²) in [6, 6.07) is 11.8. The van der Waals surface area contributed by atoms with Gasteiger partial charge in [0.05, 0.1) is 29.2 Å². The number of anilines is 5. The number of hydrogen-bond acceptors (Lipinski definition) is 8. The van der Waals surface area contributed by atoms with Gasteiger partial charge in [0.2, 0.25) is 11.9 Å². The zero-order valence-corrected chi connectivity index (χ0v) is 21.0. The molecule has 1 aliphatic rings. The number of ketones is 1. The summed E-state index contributed by atoms with van der Waals surface area (Å²) >= 11 is 6.32. The molecule has 0 saturated heterocycles. The summed E-state index contributed by atoms with van der Waals surface area (Å²) in [6.45, 7) is 3.49. The second-order valence-electron chi connectivity index (χ2n) is 8.44. The lowest BCUT2D eigenvalue weighted by Crippen LogP contribution is -2.30. The molecule has 0 radical (unpaired) electrons. The molecule has 1 heterocycles. The minimum absolute atomic E-state index is 0.147. The van der Waals surface area contributed by atoms with Crippen molar-refractivity contribution >= 4 is 58.0 Å². The maximum atomic E-state index is 12.7. The highest BCUT2D eigenvalue weighted by atomic mass is 35.5. The first-order valence-corrected chi connectivity index (χ1v) is 11.8. The summed E-state index contributed by atoms with van der Waals surface area (Å²) in [7, 11) is 3.02. The number of aromatic nitrogens is 2. The average molecular weight is 521 g/mol. The van der Waals surface area contributed by atoms with Crippen LogP contribution in [0.5, 0.6) is 5.75 Å². The van der Waals surface area contributed by atoms with Crippen LogP contribution in [0.3, 0.4) is 0 Å². The minimum Gasteiger partial charge on any atom is -0.488 e. The predicted molar refractivity (Wildman–Crippen MR) is 142 cm³/mol. The van der Waals surface area contributed by atoms with Crippen LogP contribution in [0.2, 0.25) is 5.02 Å². The quantitative estimate of drug-likeness (QED) is 0.202. The number of halogens is 1. The van der Waals surface area contributed by atoms with Gasteiger partial charge in [-0.05, 0) is 49.2 Å². The summed E-state index contributed by atoms with van der Waals surface area (Å²) in [5.74, 6) is -0.704. The molecule has 0 unspecified atom stereocenters. The monoisotopic (exact) mass is 520 g/mol. The number of benzene rings is 2. The van der Waals surface area contributed by atoms with Crippen LogP contribution in [-0.2, 0) is 9.59 Å². The summed E-state index contributed by atoms with van der Waals surface area (Å²) in [6.07, 6.45) is 4.67. The lowest BCUT2D eigenvalue weighted by atomic mass is 10.1. The van der Waals surface area contributed by atoms with E-state index in [4.69, 9.17) is 16.3 Å². The van der Waals surface area contributed by atoms with Crippen LogP contribution in [0, 0.1) is 0 Å². The minimum atomic E-state index is -0.667. The average Bonchev–Trinajstić information content (AvgIpc) is 3.71. The molecule has 2 aromatic carbocycles. The summed E-state index contributed by atoms with van der Waals surface area (Å²) < 4.78 is 5.88. The Hall–Kier alpha value is -4.44. The van der Waals surface area contributed by atoms with Gasteiger partial charge < -0.3 is 25.6 Å². The molecule has 3 N–H and O–H groups in total. The van der Waals surface area contributed by atoms with Crippen molar-refractivity contribution in [3.63, 3.8) is 0 Å². The number of carbonyl (C=O) groups excluding carboxylic acids is 3. The first kappa shape index (κ1) is 25.6. The maximum Gasteiger partial charge on any atom is 0.294 e. The Morgan fingerprint density at radius 3 is 2.57 bits per heavy atom. The Morgan fingerprint density at radius 1 is 1.11 bits per heavy atom. The Morgan fingerprint density at radius 2 is 1.86 bits per heavy atom. The molecule has 1 aromatic heterocycles. The van der Waals surface area contributed by atoms with Crippen LogP contribution in [0.1, 0.15) is 23.2 Å². The van der Waals surface area contributed by atoms with Gasteiger partial charge in [0.1, 0.15) is 10.8 Å². The van der Waals surface area contributed by atoms with Gasteiger partial charge in [-0.1, -0.05) is 30.3 Å². The number of likely N-dealkylation sites (N-methyl/N-ethyl adjacent to an activating group) is 1. The second-order valence-corrected chi connectivity index (χ2v) is 8.84. The zero-order chi connectivity index (χ0) is 26.5. The summed E-state index contributed by atoms with van der Waals surface area (Å²) in [5.41, 5.74) is 1.61. The standard InChI is InChI=1S/C26H25ClN6O4/c1-4-22(34)30-20-13-15(9-12-21(20)37-16-10-11-16)29-26-28-14-18(27)24(32-26)31-19-8-6-5-7-17(19)23(35)25(36)33(2)3/h4-9,12-14,16H,1,10-11H2,2-3H3,(H,30,34)(H2,28,29,31,32). The maximum absolute atomic E-state index is 12.7. The molecule has 4 rings (SSSR count). The highest BCUT2D eigenvalue weighted by Crippen LogP contribution is 2.35. The third-order valence-corrected chi connectivity index (χ3v) is 5.54. The fraction of sp³-hybridized carbons (Fsp3) is 0.192. The first-order chi connectivity index (χ1) is 17.7. The molecule has 190 valence electrons. The Balaban J connectivity index is 1.58. The Labute approximate surface area is 218 Å². The van der Waals surface area contributed by atoms with Crippen LogP contribution in [0.25, 0.3) is 0 Å². The molecule has 1 fully saturated rings. The van der Waals surface area contributed by atoms with E-state index in [-0.39, 0.29) is 34.4 Å². The van der Waals surface area contributed by atoms with Gasteiger partial charge >= 0.3 is 0 Å². The zero-order valence-electron chi connectivity index (χ0n) is 20.2. The topological polar surface area (TPSA) is 126 Å². The molecule has 0 bridgehead atoms. The predicted octanol–water partition coefficient (Wildman–Crippen LogP) is 4.55. The smallest absolute Gasteiger partial charge is 0.294 e. The third-order valence-electron chi connectivity index (χ3n) is 5.27. The molecular formula is C26H25ClN6O4. The number of para-hydroxylation sites is 1. The van der Waals surface area contributed by atoms with Crippen molar-refractivity contribution in [2.24, 2.45) is 0 Å². The van der Waals surface area contributed by atoms with Gasteiger partial charge in [0.25, 0.3) is 11.7 Å². The highest BCUT2D eigenvalue weighted by Gasteiger charge is 2.25. The van der Waals surface area contributed by atoms with Crippen molar-refractivity contribution in [2.45, 2.75) is 18.9 Å².